The molecule has 0 amide bonds. The number of anilines is 1. The van der Waals surface area contributed by atoms with Gasteiger partial charge in [0.2, 0.25) is 5.88 Å². The lowest BCUT2D eigenvalue weighted by molar-refractivity contribution is 0.270. The third kappa shape index (κ3) is 4.13. The summed E-state index contributed by atoms with van der Waals surface area (Å²) in [6.07, 6.45) is 4.77. The largest absolute Gasteiger partial charge is 0.438 e. The van der Waals surface area contributed by atoms with Gasteiger partial charge in [-0.25, -0.2) is 9.67 Å². The highest BCUT2D eigenvalue weighted by molar-refractivity contribution is 5.47. The standard InChI is InChI=1S/C18H21N5O2/c1-13-14(2)22-23(9-10-24)18(13)21-11-15-3-5-16(6-4-15)25-17-12-19-7-8-20-17/h3-8,12,21,24H,9-11H2,1-2H3. The first-order valence-electron chi connectivity index (χ1n) is 8.09. The van der Waals surface area contributed by atoms with Gasteiger partial charge >= 0.3 is 0 Å². The zero-order chi connectivity index (χ0) is 17.6. The molecule has 0 aliphatic carbocycles. The number of benzene rings is 1. The van der Waals surface area contributed by atoms with Crippen LogP contribution in [0.1, 0.15) is 16.8 Å². The third-order valence-corrected chi connectivity index (χ3v) is 3.88. The number of nitrogens with zero attached hydrogens (tertiary/aromatic N) is 4. The second kappa shape index (κ2) is 7.76. The smallest absolute Gasteiger partial charge is 0.237 e. The summed E-state index contributed by atoms with van der Waals surface area (Å²) in [5.41, 5.74) is 3.17. The van der Waals surface area contributed by atoms with Crippen molar-refractivity contribution in [3.63, 3.8) is 0 Å². The number of hydrogen-bond acceptors (Lipinski definition) is 6. The fraction of sp³-hybridized carbons (Fsp3) is 0.278. The van der Waals surface area contributed by atoms with Gasteiger partial charge in [-0.05, 0) is 31.5 Å². The molecule has 0 fully saturated rings. The molecule has 7 nitrogen and oxygen atoms in total. The minimum absolute atomic E-state index is 0.0592. The Balaban J connectivity index is 1.64. The first-order valence-corrected chi connectivity index (χ1v) is 8.09. The maximum atomic E-state index is 9.17. The van der Waals surface area contributed by atoms with Crippen LogP contribution in [0, 0.1) is 13.8 Å². The van der Waals surface area contributed by atoms with Gasteiger partial charge in [0.15, 0.2) is 0 Å². The Kier molecular flexibility index (Phi) is 5.25. The van der Waals surface area contributed by atoms with Gasteiger partial charge in [0.1, 0.15) is 11.6 Å². The first kappa shape index (κ1) is 16.9. The maximum absolute atomic E-state index is 9.17. The fourth-order valence-corrected chi connectivity index (χ4v) is 2.47. The van der Waals surface area contributed by atoms with Crippen LogP contribution < -0.4 is 10.1 Å². The average Bonchev–Trinajstić information content (AvgIpc) is 2.89. The molecular formula is C18H21N5O2. The number of aliphatic hydroxyl groups excluding tert-OH is 1. The minimum atomic E-state index is 0.0592. The van der Waals surface area contributed by atoms with E-state index in [1.807, 2.05) is 38.1 Å². The molecule has 25 heavy (non-hydrogen) atoms. The lowest BCUT2D eigenvalue weighted by Crippen LogP contribution is -2.10. The Bertz CT molecular complexity index is 815. The van der Waals surface area contributed by atoms with Crippen LogP contribution >= 0.6 is 0 Å². The highest BCUT2D eigenvalue weighted by atomic mass is 16.5. The zero-order valence-electron chi connectivity index (χ0n) is 14.3. The SMILES string of the molecule is Cc1nn(CCO)c(NCc2ccc(Oc3cnccn3)cc2)c1C. The van der Waals surface area contributed by atoms with Crippen molar-refractivity contribution in [3.05, 3.63) is 59.7 Å². The Morgan fingerprint density at radius 3 is 2.64 bits per heavy atom. The molecule has 1 aromatic carbocycles. The van der Waals surface area contributed by atoms with Gasteiger partial charge in [0.05, 0.1) is 25.0 Å². The van der Waals surface area contributed by atoms with Gasteiger partial charge in [-0.15, -0.1) is 0 Å². The van der Waals surface area contributed by atoms with Crippen LogP contribution in [0.2, 0.25) is 0 Å². The molecule has 0 saturated heterocycles. The molecule has 2 aromatic heterocycles. The monoisotopic (exact) mass is 339 g/mol. The second-order valence-electron chi connectivity index (χ2n) is 5.65. The van der Waals surface area contributed by atoms with Gasteiger partial charge in [-0.3, -0.25) is 4.98 Å². The molecule has 0 spiro atoms. The average molecular weight is 339 g/mol. The lowest BCUT2D eigenvalue weighted by Gasteiger charge is -2.11. The molecule has 7 heteroatoms. The van der Waals surface area contributed by atoms with Crippen LogP contribution in [0.5, 0.6) is 11.6 Å². The van der Waals surface area contributed by atoms with Gasteiger partial charge < -0.3 is 15.2 Å². The van der Waals surface area contributed by atoms with E-state index in [0.717, 1.165) is 22.6 Å². The van der Waals surface area contributed by atoms with Gasteiger partial charge in [0, 0.05) is 24.5 Å². The molecule has 0 unspecified atom stereocenters. The second-order valence-corrected chi connectivity index (χ2v) is 5.65. The van der Waals surface area contributed by atoms with Gasteiger partial charge in [0.25, 0.3) is 0 Å². The summed E-state index contributed by atoms with van der Waals surface area (Å²) in [5, 5.41) is 17.0. The molecule has 0 aliphatic heterocycles. The van der Waals surface area contributed by atoms with E-state index in [9.17, 15) is 0 Å². The number of aromatic nitrogens is 4. The van der Waals surface area contributed by atoms with E-state index in [2.05, 4.69) is 20.4 Å². The van der Waals surface area contributed by atoms with Crippen molar-refractivity contribution in [3.8, 4) is 11.6 Å². The van der Waals surface area contributed by atoms with Crippen molar-refractivity contribution in [2.45, 2.75) is 26.9 Å². The van der Waals surface area contributed by atoms with Crippen molar-refractivity contribution in [1.82, 2.24) is 19.7 Å². The summed E-state index contributed by atoms with van der Waals surface area (Å²) < 4.78 is 7.44. The molecule has 0 atom stereocenters. The molecule has 3 rings (SSSR count). The van der Waals surface area contributed by atoms with Crippen LogP contribution in [0.25, 0.3) is 0 Å². The van der Waals surface area contributed by atoms with Crippen LogP contribution in [-0.4, -0.2) is 31.5 Å². The predicted octanol–water partition coefficient (Wildman–Crippen LogP) is 2.69. The molecular weight excluding hydrogens is 318 g/mol. The number of nitrogens with one attached hydrogen (secondary N) is 1. The topological polar surface area (TPSA) is 85.1 Å². The quantitative estimate of drug-likeness (QED) is 0.688. The first-order chi connectivity index (χ1) is 12.2. The molecule has 2 heterocycles. The molecule has 0 saturated carbocycles. The van der Waals surface area contributed by atoms with E-state index >= 15 is 0 Å². The van der Waals surface area contributed by atoms with Crippen molar-refractivity contribution in [1.29, 1.82) is 0 Å². The highest BCUT2D eigenvalue weighted by Crippen LogP contribution is 2.21. The third-order valence-electron chi connectivity index (χ3n) is 3.88. The Labute approximate surface area is 146 Å². The maximum Gasteiger partial charge on any atom is 0.237 e. The number of aliphatic hydroxyl groups is 1. The lowest BCUT2D eigenvalue weighted by atomic mass is 10.2. The van der Waals surface area contributed by atoms with Gasteiger partial charge in [-0.2, -0.15) is 5.10 Å². The van der Waals surface area contributed by atoms with Crippen molar-refractivity contribution >= 4 is 5.82 Å². The molecule has 130 valence electrons. The Morgan fingerprint density at radius 2 is 1.96 bits per heavy atom. The van der Waals surface area contributed by atoms with E-state index in [4.69, 9.17) is 9.84 Å². The molecule has 0 radical (unpaired) electrons. The fourth-order valence-electron chi connectivity index (χ4n) is 2.47. The van der Waals surface area contributed by atoms with E-state index in [0.29, 0.717) is 24.7 Å². The number of aryl methyl sites for hydroxylation is 1. The van der Waals surface area contributed by atoms with Crippen LogP contribution in [0.15, 0.2) is 42.9 Å². The Morgan fingerprint density at radius 1 is 1.16 bits per heavy atom. The summed E-state index contributed by atoms with van der Waals surface area (Å²) >= 11 is 0. The minimum Gasteiger partial charge on any atom is -0.438 e. The number of hydrogen-bond donors (Lipinski definition) is 2. The predicted molar refractivity (Wildman–Crippen MR) is 94.7 cm³/mol. The molecule has 0 aliphatic rings. The molecule has 0 bridgehead atoms. The molecule has 2 N–H and O–H groups in total. The van der Waals surface area contributed by atoms with Crippen molar-refractivity contribution in [2.75, 3.05) is 11.9 Å². The summed E-state index contributed by atoms with van der Waals surface area (Å²) in [4.78, 5) is 8.06. The van der Waals surface area contributed by atoms with E-state index in [1.54, 1.807) is 23.3 Å². The van der Waals surface area contributed by atoms with E-state index in [1.165, 1.54) is 0 Å². The van der Waals surface area contributed by atoms with Crippen LogP contribution in [0.3, 0.4) is 0 Å². The summed E-state index contributed by atoms with van der Waals surface area (Å²) in [7, 11) is 0. The normalized spacial score (nSPS) is 10.7. The summed E-state index contributed by atoms with van der Waals surface area (Å²) in [6, 6.07) is 7.78. The van der Waals surface area contributed by atoms with Crippen LogP contribution in [-0.2, 0) is 13.1 Å². The number of rotatable bonds is 7. The van der Waals surface area contributed by atoms with E-state index < -0.39 is 0 Å². The summed E-state index contributed by atoms with van der Waals surface area (Å²) in [5.74, 6) is 2.11. The van der Waals surface area contributed by atoms with Crippen molar-refractivity contribution < 1.29 is 9.84 Å². The Hall–Kier alpha value is -2.93. The van der Waals surface area contributed by atoms with Gasteiger partial charge in [-0.1, -0.05) is 12.1 Å². The molecule has 3 aromatic rings. The number of ether oxygens (including phenoxy) is 1. The highest BCUT2D eigenvalue weighted by Gasteiger charge is 2.10. The van der Waals surface area contributed by atoms with E-state index in [-0.39, 0.29) is 6.61 Å². The zero-order valence-corrected chi connectivity index (χ0v) is 14.3. The van der Waals surface area contributed by atoms with Crippen LogP contribution in [0.4, 0.5) is 5.82 Å². The summed E-state index contributed by atoms with van der Waals surface area (Å²) in [6.45, 7) is 5.18. The van der Waals surface area contributed by atoms with Crippen molar-refractivity contribution in [2.24, 2.45) is 0 Å².